The summed E-state index contributed by atoms with van der Waals surface area (Å²) in [6.45, 7) is 1.91. The highest BCUT2D eigenvalue weighted by atomic mass is 35.5. The molecule has 92 valence electrons. The maximum atomic E-state index is 13.3. The van der Waals surface area contributed by atoms with E-state index in [0.29, 0.717) is 17.1 Å². The molecule has 1 aromatic rings. The fourth-order valence-electron chi connectivity index (χ4n) is 1.22. The predicted molar refractivity (Wildman–Crippen MR) is 65.7 cm³/mol. The normalized spacial score (nSPS) is 11.2. The highest BCUT2D eigenvalue weighted by Gasteiger charge is 2.06. The fraction of sp³-hybridized carbons (Fsp3) is 0.250. The summed E-state index contributed by atoms with van der Waals surface area (Å²) < 4.78 is 17.9. The minimum Gasteiger partial charge on any atom is -0.466 e. The van der Waals surface area contributed by atoms with Gasteiger partial charge >= 0.3 is 5.97 Å². The van der Waals surface area contributed by atoms with E-state index in [9.17, 15) is 9.18 Å². The average molecular weight is 258 g/mol. The van der Waals surface area contributed by atoms with Crippen molar-refractivity contribution in [3.63, 3.8) is 0 Å². The average Bonchev–Trinajstić information content (AvgIpc) is 2.31. The van der Waals surface area contributed by atoms with Gasteiger partial charge in [-0.3, -0.25) is 0 Å². The number of benzene rings is 1. The first-order valence-electron chi connectivity index (χ1n) is 4.99. The van der Waals surface area contributed by atoms with E-state index in [0.717, 1.165) is 0 Å². The van der Waals surface area contributed by atoms with Crippen LogP contribution in [0.15, 0.2) is 29.8 Å². The number of halogens is 2. The van der Waals surface area contributed by atoms with Gasteiger partial charge in [0.2, 0.25) is 0 Å². The van der Waals surface area contributed by atoms with Gasteiger partial charge in [0, 0.05) is 12.1 Å². The van der Waals surface area contributed by atoms with Crippen LogP contribution in [-0.2, 0) is 9.53 Å². The van der Waals surface area contributed by atoms with Crippen molar-refractivity contribution in [1.82, 2.24) is 0 Å². The molecule has 0 heterocycles. The monoisotopic (exact) mass is 257 g/mol. The number of rotatable bonds is 4. The van der Waals surface area contributed by atoms with Gasteiger partial charge in [0.1, 0.15) is 5.82 Å². The number of carbonyl (C=O) groups is 1. The van der Waals surface area contributed by atoms with Crippen LogP contribution in [0.25, 0.3) is 0 Å². The molecule has 0 aliphatic heterocycles. The van der Waals surface area contributed by atoms with Crippen LogP contribution in [0.3, 0.4) is 0 Å². The molecular weight excluding hydrogens is 245 g/mol. The summed E-state index contributed by atoms with van der Waals surface area (Å²) in [7, 11) is 1.31. The van der Waals surface area contributed by atoms with Crippen LogP contribution in [0, 0.1) is 5.82 Å². The largest absolute Gasteiger partial charge is 0.466 e. The van der Waals surface area contributed by atoms with E-state index in [2.05, 4.69) is 10.1 Å². The number of anilines is 1. The molecule has 0 aromatic heterocycles. The maximum Gasteiger partial charge on any atom is 0.333 e. The van der Waals surface area contributed by atoms with Gasteiger partial charge in [-0.15, -0.1) is 0 Å². The summed E-state index contributed by atoms with van der Waals surface area (Å²) in [4.78, 5) is 11.1. The number of carbonyl (C=O) groups excluding carboxylic acids is 1. The van der Waals surface area contributed by atoms with Gasteiger partial charge in [-0.05, 0) is 19.1 Å². The molecule has 17 heavy (non-hydrogen) atoms. The third-order valence-corrected chi connectivity index (χ3v) is 2.47. The van der Waals surface area contributed by atoms with E-state index in [1.165, 1.54) is 19.2 Å². The molecule has 0 saturated carbocycles. The second kappa shape index (κ2) is 6.25. The summed E-state index contributed by atoms with van der Waals surface area (Å²) >= 11 is 5.82. The third-order valence-electron chi connectivity index (χ3n) is 2.16. The third kappa shape index (κ3) is 3.75. The zero-order chi connectivity index (χ0) is 12.8. The molecular formula is C12H13ClFNO2. The topological polar surface area (TPSA) is 38.3 Å². The van der Waals surface area contributed by atoms with Crippen molar-refractivity contribution >= 4 is 23.3 Å². The Morgan fingerprint density at radius 2 is 2.29 bits per heavy atom. The highest BCUT2D eigenvalue weighted by Crippen LogP contribution is 2.24. The molecule has 0 fully saturated rings. The lowest BCUT2D eigenvalue weighted by atomic mass is 10.2. The van der Waals surface area contributed by atoms with Crippen molar-refractivity contribution in [2.24, 2.45) is 0 Å². The maximum absolute atomic E-state index is 13.3. The first kappa shape index (κ1) is 13.5. The predicted octanol–water partition coefficient (Wildman–Crippen LogP) is 3.01. The molecule has 3 nitrogen and oxygen atoms in total. The van der Waals surface area contributed by atoms with Gasteiger partial charge in [0.15, 0.2) is 0 Å². The number of methoxy groups -OCH3 is 1. The van der Waals surface area contributed by atoms with Crippen LogP contribution >= 0.6 is 11.6 Å². The zero-order valence-electron chi connectivity index (χ0n) is 9.59. The minimum atomic E-state index is -0.429. The van der Waals surface area contributed by atoms with Crippen LogP contribution in [-0.4, -0.2) is 19.6 Å². The SMILES string of the molecule is COC(=O)/C(C)=C/CNc1c(F)cccc1Cl. The molecule has 0 radical (unpaired) electrons. The molecule has 1 N–H and O–H groups in total. The lowest BCUT2D eigenvalue weighted by Gasteiger charge is -2.07. The van der Waals surface area contributed by atoms with Gasteiger partial charge in [0.05, 0.1) is 17.8 Å². The molecule has 0 unspecified atom stereocenters. The smallest absolute Gasteiger partial charge is 0.333 e. The second-order valence-electron chi connectivity index (χ2n) is 3.36. The highest BCUT2D eigenvalue weighted by molar-refractivity contribution is 6.33. The molecule has 1 aromatic carbocycles. The summed E-state index contributed by atoms with van der Waals surface area (Å²) in [6.07, 6.45) is 1.61. The molecule has 0 aliphatic rings. The summed E-state index contributed by atoms with van der Waals surface area (Å²) in [5.41, 5.74) is 0.676. The van der Waals surface area contributed by atoms with Crippen LogP contribution in [0.4, 0.5) is 10.1 Å². The van der Waals surface area contributed by atoms with E-state index in [1.807, 2.05) is 0 Å². The van der Waals surface area contributed by atoms with Gasteiger partial charge in [-0.25, -0.2) is 9.18 Å². The Bertz CT molecular complexity index is 426. The quantitative estimate of drug-likeness (QED) is 0.666. The number of hydrogen-bond donors (Lipinski definition) is 1. The first-order chi connectivity index (χ1) is 8.06. The molecule has 0 atom stereocenters. The van der Waals surface area contributed by atoms with E-state index in [4.69, 9.17) is 11.6 Å². The molecule has 1 rings (SSSR count). The minimum absolute atomic E-state index is 0.225. The Kier molecular flexibility index (Phi) is 4.97. The van der Waals surface area contributed by atoms with Crippen LogP contribution in [0.5, 0.6) is 0 Å². The molecule has 0 bridgehead atoms. The molecule has 0 saturated heterocycles. The second-order valence-corrected chi connectivity index (χ2v) is 3.76. The van der Waals surface area contributed by atoms with E-state index < -0.39 is 11.8 Å². The molecule has 0 amide bonds. The molecule has 5 heteroatoms. The zero-order valence-corrected chi connectivity index (χ0v) is 10.3. The number of esters is 1. The van der Waals surface area contributed by atoms with Gasteiger partial charge < -0.3 is 10.1 Å². The molecule has 0 spiro atoms. The number of nitrogens with one attached hydrogen (secondary N) is 1. The first-order valence-corrected chi connectivity index (χ1v) is 5.37. The van der Waals surface area contributed by atoms with Gasteiger partial charge in [-0.2, -0.15) is 0 Å². The Labute approximate surface area is 104 Å². The Hall–Kier alpha value is -1.55. The Balaban J connectivity index is 2.66. The van der Waals surface area contributed by atoms with E-state index in [-0.39, 0.29) is 5.69 Å². The standard InChI is InChI=1S/C12H13ClFNO2/c1-8(12(16)17-2)6-7-15-11-9(13)4-3-5-10(11)14/h3-6,15H,7H2,1-2H3/b8-6+. The fourth-order valence-corrected chi connectivity index (χ4v) is 1.45. The molecule has 0 aliphatic carbocycles. The van der Waals surface area contributed by atoms with Crippen molar-refractivity contribution in [3.8, 4) is 0 Å². The number of ether oxygens (including phenoxy) is 1. The number of hydrogen-bond acceptors (Lipinski definition) is 3. The van der Waals surface area contributed by atoms with Crippen LogP contribution in [0.2, 0.25) is 5.02 Å². The van der Waals surface area contributed by atoms with Crippen LogP contribution in [0.1, 0.15) is 6.92 Å². The summed E-state index contributed by atoms with van der Waals surface area (Å²) in [5.74, 6) is -0.840. The van der Waals surface area contributed by atoms with E-state index in [1.54, 1.807) is 19.1 Å². The Morgan fingerprint density at radius 3 is 2.88 bits per heavy atom. The Morgan fingerprint density at radius 1 is 1.59 bits per heavy atom. The summed E-state index contributed by atoms with van der Waals surface area (Å²) in [6, 6.07) is 4.42. The van der Waals surface area contributed by atoms with Crippen molar-refractivity contribution in [1.29, 1.82) is 0 Å². The van der Waals surface area contributed by atoms with Gasteiger partial charge in [-0.1, -0.05) is 23.7 Å². The van der Waals surface area contributed by atoms with Gasteiger partial charge in [0.25, 0.3) is 0 Å². The number of para-hydroxylation sites is 1. The lowest BCUT2D eigenvalue weighted by Crippen LogP contribution is -2.06. The van der Waals surface area contributed by atoms with Crippen molar-refractivity contribution in [2.75, 3.05) is 19.0 Å². The van der Waals surface area contributed by atoms with Crippen LogP contribution < -0.4 is 5.32 Å². The summed E-state index contributed by atoms with van der Waals surface area (Å²) in [5, 5.41) is 3.10. The lowest BCUT2D eigenvalue weighted by molar-refractivity contribution is -0.136. The van der Waals surface area contributed by atoms with Crippen molar-refractivity contribution in [2.45, 2.75) is 6.92 Å². The van der Waals surface area contributed by atoms with Crippen molar-refractivity contribution in [3.05, 3.63) is 40.7 Å². The van der Waals surface area contributed by atoms with E-state index >= 15 is 0 Å². The van der Waals surface area contributed by atoms with Crippen molar-refractivity contribution < 1.29 is 13.9 Å².